The second-order valence-corrected chi connectivity index (χ2v) is 4.21. The lowest BCUT2D eigenvalue weighted by Crippen LogP contribution is -2.22. The highest BCUT2D eigenvalue weighted by Crippen LogP contribution is 2.13. The maximum atomic E-state index is 13.4. The molecule has 0 aromatic heterocycles. The number of carbonyl (C=O) groups is 1. The Morgan fingerprint density at radius 3 is 2.67 bits per heavy atom. The number of Topliss-reactive ketones (excluding diaryl/α,β-unsaturated/α-hetero) is 1. The van der Waals surface area contributed by atoms with Gasteiger partial charge in [0, 0.05) is 6.07 Å². The molecule has 0 spiro atoms. The zero-order valence-corrected chi connectivity index (χ0v) is 10.5. The molecule has 1 aromatic rings. The van der Waals surface area contributed by atoms with Crippen molar-refractivity contribution in [2.24, 2.45) is 0 Å². The molecular formula is C14H16F2O2. The van der Waals surface area contributed by atoms with Gasteiger partial charge in [0.1, 0.15) is 17.7 Å². The minimum absolute atomic E-state index is 0.153. The van der Waals surface area contributed by atoms with Gasteiger partial charge in [0.2, 0.25) is 0 Å². The van der Waals surface area contributed by atoms with E-state index in [9.17, 15) is 13.6 Å². The highest BCUT2D eigenvalue weighted by Gasteiger charge is 2.19. The maximum Gasteiger partial charge on any atom is 0.194 e. The Morgan fingerprint density at radius 1 is 1.44 bits per heavy atom. The third-order valence-electron chi connectivity index (χ3n) is 2.46. The molecular weight excluding hydrogens is 238 g/mol. The maximum absolute atomic E-state index is 13.4. The first kappa shape index (κ1) is 14.5. The standard InChI is InChI=1S/C14H16F2O2/c1-9(2)6-7-18-10(3)14(17)12-5-4-11(15)8-13(12)16/h4-5,8,10H,1,6-7H2,2-3H3. The van der Waals surface area contributed by atoms with Gasteiger partial charge in [-0.15, -0.1) is 6.58 Å². The van der Waals surface area contributed by atoms with Crippen molar-refractivity contribution in [2.75, 3.05) is 6.61 Å². The van der Waals surface area contributed by atoms with Crippen LogP contribution in [0.15, 0.2) is 30.4 Å². The predicted octanol–water partition coefficient (Wildman–Crippen LogP) is 3.52. The van der Waals surface area contributed by atoms with Gasteiger partial charge in [-0.1, -0.05) is 5.57 Å². The van der Waals surface area contributed by atoms with Crippen LogP contribution in [-0.2, 0) is 4.74 Å². The fraction of sp³-hybridized carbons (Fsp3) is 0.357. The number of carbonyl (C=O) groups excluding carboxylic acids is 1. The van der Waals surface area contributed by atoms with E-state index in [0.29, 0.717) is 19.1 Å². The Balaban J connectivity index is 2.65. The van der Waals surface area contributed by atoms with Gasteiger partial charge in [-0.25, -0.2) is 8.78 Å². The van der Waals surface area contributed by atoms with Crippen molar-refractivity contribution in [1.29, 1.82) is 0 Å². The average molecular weight is 254 g/mol. The van der Waals surface area contributed by atoms with Crippen LogP contribution < -0.4 is 0 Å². The van der Waals surface area contributed by atoms with Crippen LogP contribution in [-0.4, -0.2) is 18.5 Å². The highest BCUT2D eigenvalue weighted by atomic mass is 19.1. The molecule has 1 unspecified atom stereocenters. The van der Waals surface area contributed by atoms with Gasteiger partial charge in [-0.3, -0.25) is 4.79 Å². The Bertz CT molecular complexity index is 455. The van der Waals surface area contributed by atoms with Crippen molar-refractivity contribution >= 4 is 5.78 Å². The molecule has 0 radical (unpaired) electrons. The number of ketones is 1. The summed E-state index contributed by atoms with van der Waals surface area (Å²) in [5, 5.41) is 0. The summed E-state index contributed by atoms with van der Waals surface area (Å²) in [6, 6.07) is 2.87. The van der Waals surface area contributed by atoms with Gasteiger partial charge in [-0.2, -0.15) is 0 Å². The fourth-order valence-electron chi connectivity index (χ4n) is 1.39. The van der Waals surface area contributed by atoms with Crippen LogP contribution in [0.3, 0.4) is 0 Å². The molecule has 0 fully saturated rings. The van der Waals surface area contributed by atoms with Crippen LogP contribution in [0.5, 0.6) is 0 Å². The molecule has 0 heterocycles. The molecule has 0 N–H and O–H groups in total. The average Bonchev–Trinajstić information content (AvgIpc) is 2.27. The lowest BCUT2D eigenvalue weighted by Gasteiger charge is -2.12. The van der Waals surface area contributed by atoms with Crippen LogP contribution in [0, 0.1) is 11.6 Å². The van der Waals surface area contributed by atoms with E-state index in [4.69, 9.17) is 4.74 Å². The van der Waals surface area contributed by atoms with Gasteiger partial charge in [0.05, 0.1) is 12.2 Å². The number of hydrogen-bond acceptors (Lipinski definition) is 2. The number of rotatable bonds is 6. The molecule has 1 rings (SSSR count). The van der Waals surface area contributed by atoms with Gasteiger partial charge in [0.15, 0.2) is 5.78 Å². The van der Waals surface area contributed by atoms with Crippen molar-refractivity contribution in [1.82, 2.24) is 0 Å². The first-order valence-electron chi connectivity index (χ1n) is 5.67. The molecule has 2 nitrogen and oxygen atoms in total. The summed E-state index contributed by atoms with van der Waals surface area (Å²) in [4.78, 5) is 11.8. The van der Waals surface area contributed by atoms with Gasteiger partial charge >= 0.3 is 0 Å². The smallest absolute Gasteiger partial charge is 0.194 e. The summed E-state index contributed by atoms with van der Waals surface area (Å²) in [6.45, 7) is 7.47. The second-order valence-electron chi connectivity index (χ2n) is 4.21. The van der Waals surface area contributed by atoms with Crippen molar-refractivity contribution in [3.63, 3.8) is 0 Å². The first-order valence-corrected chi connectivity index (χ1v) is 5.67. The Hall–Kier alpha value is -1.55. The van der Waals surface area contributed by atoms with Crippen LogP contribution in [0.25, 0.3) is 0 Å². The first-order chi connectivity index (χ1) is 8.41. The third-order valence-corrected chi connectivity index (χ3v) is 2.46. The van der Waals surface area contributed by atoms with E-state index in [1.807, 2.05) is 6.92 Å². The Kier molecular flexibility index (Phi) is 5.16. The van der Waals surface area contributed by atoms with Crippen LogP contribution in [0.2, 0.25) is 0 Å². The van der Waals surface area contributed by atoms with E-state index >= 15 is 0 Å². The van der Waals surface area contributed by atoms with Crippen molar-refractivity contribution in [2.45, 2.75) is 26.4 Å². The van der Waals surface area contributed by atoms with Gasteiger partial charge in [-0.05, 0) is 32.4 Å². The molecule has 18 heavy (non-hydrogen) atoms. The van der Waals surface area contributed by atoms with Crippen LogP contribution >= 0.6 is 0 Å². The molecule has 0 aliphatic rings. The molecule has 0 saturated heterocycles. The Morgan fingerprint density at radius 2 is 2.11 bits per heavy atom. The van der Waals surface area contributed by atoms with Crippen molar-refractivity contribution < 1.29 is 18.3 Å². The highest BCUT2D eigenvalue weighted by molar-refractivity contribution is 5.99. The van der Waals surface area contributed by atoms with E-state index in [-0.39, 0.29) is 5.56 Å². The second kappa shape index (κ2) is 6.40. The van der Waals surface area contributed by atoms with E-state index in [1.54, 1.807) is 6.92 Å². The topological polar surface area (TPSA) is 26.3 Å². The zero-order chi connectivity index (χ0) is 13.7. The molecule has 0 aliphatic heterocycles. The molecule has 98 valence electrons. The van der Waals surface area contributed by atoms with E-state index in [2.05, 4.69) is 6.58 Å². The summed E-state index contributed by atoms with van der Waals surface area (Å²) in [5.74, 6) is -2.07. The summed E-state index contributed by atoms with van der Waals surface area (Å²) >= 11 is 0. The number of halogens is 2. The van der Waals surface area contributed by atoms with Crippen molar-refractivity contribution in [3.8, 4) is 0 Å². The lowest BCUT2D eigenvalue weighted by atomic mass is 10.1. The van der Waals surface area contributed by atoms with E-state index < -0.39 is 23.5 Å². The predicted molar refractivity (Wildman–Crippen MR) is 65.5 cm³/mol. The monoisotopic (exact) mass is 254 g/mol. The number of hydrogen-bond donors (Lipinski definition) is 0. The van der Waals surface area contributed by atoms with Crippen molar-refractivity contribution in [3.05, 3.63) is 47.5 Å². The third kappa shape index (κ3) is 4.04. The van der Waals surface area contributed by atoms with Crippen LogP contribution in [0.4, 0.5) is 8.78 Å². The molecule has 1 aromatic carbocycles. The molecule has 0 saturated carbocycles. The number of ether oxygens (including phenoxy) is 1. The summed E-state index contributed by atoms with van der Waals surface area (Å²) in [6.07, 6.45) is -0.118. The quantitative estimate of drug-likeness (QED) is 0.573. The van der Waals surface area contributed by atoms with Gasteiger partial charge < -0.3 is 4.74 Å². The summed E-state index contributed by atoms with van der Waals surface area (Å²) in [7, 11) is 0. The van der Waals surface area contributed by atoms with Gasteiger partial charge in [0.25, 0.3) is 0 Å². The molecule has 0 bridgehead atoms. The minimum atomic E-state index is -0.865. The molecule has 0 aliphatic carbocycles. The van der Waals surface area contributed by atoms with E-state index in [0.717, 1.165) is 17.7 Å². The van der Waals surface area contributed by atoms with Crippen LogP contribution in [0.1, 0.15) is 30.6 Å². The zero-order valence-electron chi connectivity index (χ0n) is 10.5. The Labute approximate surface area is 105 Å². The molecule has 1 atom stereocenters. The summed E-state index contributed by atoms with van der Waals surface area (Å²) < 4.78 is 31.4. The minimum Gasteiger partial charge on any atom is -0.370 e. The molecule has 4 heteroatoms. The largest absolute Gasteiger partial charge is 0.370 e. The van der Waals surface area contributed by atoms with E-state index in [1.165, 1.54) is 0 Å². The molecule has 0 amide bonds. The normalized spacial score (nSPS) is 12.2. The fourth-order valence-corrected chi connectivity index (χ4v) is 1.39. The number of benzene rings is 1. The lowest BCUT2D eigenvalue weighted by molar-refractivity contribution is 0.0483. The SMILES string of the molecule is C=C(C)CCOC(C)C(=O)c1ccc(F)cc1F. The summed E-state index contributed by atoms with van der Waals surface area (Å²) in [5.41, 5.74) is 0.793.